The molecule has 0 heterocycles. The van der Waals surface area contributed by atoms with Gasteiger partial charge in [0.15, 0.2) is 28.6 Å². The Kier molecular flexibility index (Phi) is 6.43. The van der Waals surface area contributed by atoms with Gasteiger partial charge in [-0.05, 0) is 48.7 Å². The molecule has 0 atom stereocenters. The maximum Gasteiger partial charge on any atom is 0.193 e. The molecule has 0 aliphatic heterocycles. The van der Waals surface area contributed by atoms with Crippen LogP contribution in [0.25, 0.3) is 0 Å². The van der Waals surface area contributed by atoms with Crippen LogP contribution >= 0.6 is 11.8 Å². The lowest BCUT2D eigenvalue weighted by Gasteiger charge is -2.09. The van der Waals surface area contributed by atoms with E-state index in [4.69, 9.17) is 14.7 Å². The molecule has 0 amide bonds. The Morgan fingerprint density at radius 2 is 1.72 bits per heavy atom. The first kappa shape index (κ1) is 18.4. The van der Waals surface area contributed by atoms with Gasteiger partial charge in [-0.1, -0.05) is 11.8 Å². The predicted molar refractivity (Wildman–Crippen MR) is 98.8 cm³/mol. The third-order valence-electron chi connectivity index (χ3n) is 3.36. The molecule has 0 bridgehead atoms. The molecular formula is C18H17N3O3S. The summed E-state index contributed by atoms with van der Waals surface area (Å²) in [6.45, 7) is 0. The standard InChI is InChI=1S/C18H17N3O3S/c1-23-15-9-6-13(10-16(15)24-2)17(22)12-4-7-14(8-5-12)21-18(25-3)20-11-19/h4-10H,1-3H3,(H,20,21). The average Bonchev–Trinajstić information content (AvgIpc) is 2.67. The van der Waals surface area contributed by atoms with Gasteiger partial charge in [0.25, 0.3) is 0 Å². The maximum atomic E-state index is 12.6. The second kappa shape index (κ2) is 8.76. The number of methoxy groups -OCH3 is 2. The van der Waals surface area contributed by atoms with Crippen molar-refractivity contribution in [2.45, 2.75) is 0 Å². The lowest BCUT2D eigenvalue weighted by atomic mass is 10.0. The van der Waals surface area contributed by atoms with Crippen molar-refractivity contribution in [1.82, 2.24) is 5.32 Å². The van der Waals surface area contributed by atoms with Gasteiger partial charge in [0.05, 0.1) is 19.9 Å². The van der Waals surface area contributed by atoms with Gasteiger partial charge in [0, 0.05) is 11.1 Å². The fourth-order valence-corrected chi connectivity index (χ4v) is 2.47. The molecule has 0 fully saturated rings. The van der Waals surface area contributed by atoms with E-state index < -0.39 is 0 Å². The third-order valence-corrected chi connectivity index (χ3v) is 3.94. The van der Waals surface area contributed by atoms with E-state index in [0.29, 0.717) is 33.5 Å². The first-order valence-electron chi connectivity index (χ1n) is 7.27. The summed E-state index contributed by atoms with van der Waals surface area (Å²) in [5.74, 6) is 0.941. The van der Waals surface area contributed by atoms with Crippen LogP contribution in [0.15, 0.2) is 47.5 Å². The lowest BCUT2D eigenvalue weighted by Crippen LogP contribution is -2.12. The number of carbonyl (C=O) groups excluding carboxylic acids is 1. The van der Waals surface area contributed by atoms with Crippen LogP contribution in [-0.4, -0.2) is 31.4 Å². The summed E-state index contributed by atoms with van der Waals surface area (Å²) in [7, 11) is 3.07. The first-order valence-corrected chi connectivity index (χ1v) is 8.50. The largest absolute Gasteiger partial charge is 0.493 e. The van der Waals surface area contributed by atoms with Crippen molar-refractivity contribution in [3.63, 3.8) is 0 Å². The van der Waals surface area contributed by atoms with Crippen molar-refractivity contribution in [2.24, 2.45) is 4.99 Å². The zero-order valence-electron chi connectivity index (χ0n) is 14.1. The van der Waals surface area contributed by atoms with Crippen molar-refractivity contribution >= 4 is 28.4 Å². The molecule has 6 nitrogen and oxygen atoms in total. The topological polar surface area (TPSA) is 83.7 Å². The molecule has 0 aromatic heterocycles. The molecule has 0 saturated heterocycles. The fourth-order valence-electron chi connectivity index (χ4n) is 2.12. The highest BCUT2D eigenvalue weighted by Gasteiger charge is 2.13. The van der Waals surface area contributed by atoms with Crippen molar-refractivity contribution in [3.05, 3.63) is 53.6 Å². The monoisotopic (exact) mass is 355 g/mol. The number of aliphatic imine (C=N–C) groups is 1. The Morgan fingerprint density at radius 1 is 1.08 bits per heavy atom. The number of ketones is 1. The molecule has 0 spiro atoms. The smallest absolute Gasteiger partial charge is 0.193 e. The minimum Gasteiger partial charge on any atom is -0.493 e. The van der Waals surface area contributed by atoms with Crippen LogP contribution in [0.3, 0.4) is 0 Å². The van der Waals surface area contributed by atoms with Gasteiger partial charge in [-0.15, -0.1) is 0 Å². The Labute approximate surface area is 150 Å². The van der Waals surface area contributed by atoms with E-state index in [2.05, 4.69) is 10.3 Å². The molecule has 2 aromatic carbocycles. The second-order valence-corrected chi connectivity index (χ2v) is 5.60. The van der Waals surface area contributed by atoms with E-state index in [0.717, 1.165) is 0 Å². The summed E-state index contributed by atoms with van der Waals surface area (Å²) in [5.41, 5.74) is 1.69. The Morgan fingerprint density at radius 3 is 2.28 bits per heavy atom. The molecular weight excluding hydrogens is 338 g/mol. The van der Waals surface area contributed by atoms with Crippen LogP contribution in [0.2, 0.25) is 0 Å². The molecule has 2 rings (SSSR count). The highest BCUT2D eigenvalue weighted by Crippen LogP contribution is 2.28. The average molecular weight is 355 g/mol. The van der Waals surface area contributed by atoms with E-state index >= 15 is 0 Å². The number of hydrogen-bond acceptors (Lipinski definition) is 6. The van der Waals surface area contributed by atoms with Crippen molar-refractivity contribution in [1.29, 1.82) is 5.26 Å². The summed E-state index contributed by atoms with van der Waals surface area (Å²) in [4.78, 5) is 16.9. The molecule has 0 unspecified atom stereocenters. The van der Waals surface area contributed by atoms with Crippen LogP contribution in [0.4, 0.5) is 5.69 Å². The van der Waals surface area contributed by atoms with Gasteiger partial charge >= 0.3 is 0 Å². The van der Waals surface area contributed by atoms with Gasteiger partial charge in [0.2, 0.25) is 0 Å². The van der Waals surface area contributed by atoms with Crippen molar-refractivity contribution in [3.8, 4) is 17.7 Å². The number of rotatable bonds is 5. The van der Waals surface area contributed by atoms with Crippen molar-refractivity contribution < 1.29 is 14.3 Å². The highest BCUT2D eigenvalue weighted by molar-refractivity contribution is 8.13. The number of thioether (sulfide) groups is 1. The van der Waals surface area contributed by atoms with Crippen LogP contribution in [-0.2, 0) is 0 Å². The van der Waals surface area contributed by atoms with E-state index in [1.807, 2.05) is 12.4 Å². The van der Waals surface area contributed by atoms with Crippen LogP contribution in [0.1, 0.15) is 15.9 Å². The van der Waals surface area contributed by atoms with Gasteiger partial charge in [-0.3, -0.25) is 10.1 Å². The number of nitriles is 1. The minimum atomic E-state index is -0.128. The lowest BCUT2D eigenvalue weighted by molar-refractivity contribution is 0.103. The number of benzene rings is 2. The molecule has 2 aromatic rings. The predicted octanol–water partition coefficient (Wildman–Crippen LogP) is 3.36. The number of nitrogens with one attached hydrogen (secondary N) is 1. The normalized spacial score (nSPS) is 10.7. The van der Waals surface area contributed by atoms with Crippen LogP contribution in [0, 0.1) is 11.5 Å². The summed E-state index contributed by atoms with van der Waals surface area (Å²) >= 11 is 1.33. The minimum absolute atomic E-state index is 0.128. The maximum absolute atomic E-state index is 12.6. The van der Waals surface area contributed by atoms with Crippen LogP contribution in [0.5, 0.6) is 11.5 Å². The molecule has 25 heavy (non-hydrogen) atoms. The second-order valence-electron chi connectivity index (χ2n) is 4.80. The number of hydrogen-bond donors (Lipinski definition) is 1. The molecule has 7 heteroatoms. The SMILES string of the molecule is COc1ccc(C(=O)c2ccc(N=C(NC#N)SC)cc2)cc1OC. The molecule has 128 valence electrons. The third kappa shape index (κ3) is 4.52. The summed E-state index contributed by atoms with van der Waals surface area (Å²) in [6, 6.07) is 11.9. The van der Waals surface area contributed by atoms with E-state index in [1.54, 1.807) is 49.6 Å². The fraction of sp³-hybridized carbons (Fsp3) is 0.167. The molecule has 1 N–H and O–H groups in total. The Balaban J connectivity index is 2.25. The highest BCUT2D eigenvalue weighted by atomic mass is 32.2. The van der Waals surface area contributed by atoms with Gasteiger partial charge < -0.3 is 9.47 Å². The van der Waals surface area contributed by atoms with Gasteiger partial charge in [0.1, 0.15) is 0 Å². The summed E-state index contributed by atoms with van der Waals surface area (Å²) < 4.78 is 10.4. The van der Waals surface area contributed by atoms with E-state index in [1.165, 1.54) is 18.9 Å². The molecule has 0 aliphatic rings. The summed E-state index contributed by atoms with van der Waals surface area (Å²) in [6.07, 6.45) is 3.65. The van der Waals surface area contributed by atoms with Gasteiger partial charge in [-0.2, -0.15) is 5.26 Å². The van der Waals surface area contributed by atoms with E-state index in [-0.39, 0.29) is 5.78 Å². The quantitative estimate of drug-likeness (QED) is 0.291. The zero-order valence-corrected chi connectivity index (χ0v) is 14.9. The number of nitrogens with zero attached hydrogens (tertiary/aromatic N) is 2. The zero-order chi connectivity index (χ0) is 18.2. The van der Waals surface area contributed by atoms with Gasteiger partial charge in [-0.25, -0.2) is 4.99 Å². The van der Waals surface area contributed by atoms with Crippen LogP contribution < -0.4 is 14.8 Å². The number of amidine groups is 1. The Hall–Kier alpha value is -2.98. The molecule has 0 aliphatic carbocycles. The molecule has 0 saturated carbocycles. The van der Waals surface area contributed by atoms with E-state index in [9.17, 15) is 4.79 Å². The Bertz CT molecular complexity index is 826. The number of ether oxygens (including phenoxy) is 2. The summed E-state index contributed by atoms with van der Waals surface area (Å²) in [5, 5.41) is 11.6. The number of carbonyl (C=O) groups is 1. The molecule has 0 radical (unpaired) electrons. The van der Waals surface area contributed by atoms with Crippen molar-refractivity contribution in [2.75, 3.05) is 20.5 Å². The first-order chi connectivity index (χ1) is 12.1.